The third-order valence-corrected chi connectivity index (χ3v) is 5.31. The highest BCUT2D eigenvalue weighted by molar-refractivity contribution is 9.11. The van der Waals surface area contributed by atoms with E-state index in [-0.39, 0.29) is 0 Å². The summed E-state index contributed by atoms with van der Waals surface area (Å²) in [6.07, 6.45) is 0. The van der Waals surface area contributed by atoms with Crippen molar-refractivity contribution in [2.75, 3.05) is 12.8 Å². The number of rotatable bonds is 3. The van der Waals surface area contributed by atoms with Gasteiger partial charge >= 0.3 is 0 Å². The highest BCUT2D eigenvalue weighted by Gasteiger charge is 2.20. The van der Waals surface area contributed by atoms with E-state index in [0.29, 0.717) is 11.6 Å². The number of nitrogen functional groups attached to an aromatic ring is 1. The lowest BCUT2D eigenvalue weighted by Crippen LogP contribution is -1.89. The molecule has 3 aromatic rings. The summed E-state index contributed by atoms with van der Waals surface area (Å²) in [5, 5.41) is 3.91. The van der Waals surface area contributed by atoms with E-state index in [9.17, 15) is 0 Å². The average Bonchev–Trinajstić information content (AvgIpc) is 3.02. The van der Waals surface area contributed by atoms with Gasteiger partial charge in [-0.15, -0.1) is 11.3 Å². The Morgan fingerprint density at radius 3 is 2.57 bits per heavy atom. The molecule has 4 nitrogen and oxygen atoms in total. The maximum atomic E-state index is 5.98. The minimum Gasteiger partial charge on any atom is -0.497 e. The topological polar surface area (TPSA) is 61.3 Å². The second-order valence-corrected chi connectivity index (χ2v) is 6.94. The molecule has 21 heavy (non-hydrogen) atoms. The van der Waals surface area contributed by atoms with Crippen molar-refractivity contribution in [1.29, 1.82) is 0 Å². The number of methoxy groups -OCH3 is 1. The first-order chi connectivity index (χ1) is 10.1. The highest BCUT2D eigenvalue weighted by atomic mass is 79.9. The molecule has 0 bridgehead atoms. The highest BCUT2D eigenvalue weighted by Crippen LogP contribution is 2.42. The fourth-order valence-electron chi connectivity index (χ4n) is 2.08. The summed E-state index contributed by atoms with van der Waals surface area (Å²) in [6.45, 7) is 2.04. The molecule has 0 saturated carbocycles. The lowest BCUT2D eigenvalue weighted by Gasteiger charge is -2.03. The standard InChI is InChI=1S/C15H13BrN2O2S/c1-8-7-11(21-14(8)16)13-12(15(17)18-20-13)9-3-5-10(19-2)6-4-9/h3-7H,1-2H3,(H2,17,18). The number of aryl methyl sites for hydroxylation is 1. The Kier molecular flexibility index (Phi) is 3.73. The Bertz CT molecular complexity index is 758. The molecule has 0 aliphatic heterocycles. The van der Waals surface area contributed by atoms with Gasteiger partial charge in [-0.1, -0.05) is 17.3 Å². The molecular formula is C15H13BrN2O2S. The Balaban J connectivity index is 2.11. The van der Waals surface area contributed by atoms with E-state index in [2.05, 4.69) is 27.2 Å². The number of aromatic nitrogens is 1. The summed E-state index contributed by atoms with van der Waals surface area (Å²) in [5.74, 6) is 1.87. The smallest absolute Gasteiger partial charge is 0.186 e. The van der Waals surface area contributed by atoms with Crippen LogP contribution < -0.4 is 10.5 Å². The molecule has 108 valence electrons. The van der Waals surface area contributed by atoms with E-state index in [0.717, 1.165) is 31.1 Å². The van der Waals surface area contributed by atoms with Gasteiger partial charge in [0.25, 0.3) is 0 Å². The average molecular weight is 365 g/mol. The molecule has 0 amide bonds. The number of thiophene rings is 1. The molecule has 3 rings (SSSR count). The number of nitrogens with two attached hydrogens (primary N) is 1. The normalized spacial score (nSPS) is 10.8. The Morgan fingerprint density at radius 1 is 1.29 bits per heavy atom. The van der Waals surface area contributed by atoms with Gasteiger partial charge in [0.1, 0.15) is 5.75 Å². The lowest BCUT2D eigenvalue weighted by molar-refractivity contribution is 0.415. The summed E-state index contributed by atoms with van der Waals surface area (Å²) < 4.78 is 11.7. The van der Waals surface area contributed by atoms with Crippen molar-refractivity contribution in [1.82, 2.24) is 5.16 Å². The molecule has 2 heterocycles. The van der Waals surface area contributed by atoms with Gasteiger partial charge in [0.05, 0.1) is 21.3 Å². The monoisotopic (exact) mass is 364 g/mol. The SMILES string of the molecule is COc1ccc(-c2c(N)noc2-c2cc(C)c(Br)s2)cc1. The summed E-state index contributed by atoms with van der Waals surface area (Å²) in [5.41, 5.74) is 8.90. The first-order valence-electron chi connectivity index (χ1n) is 6.26. The zero-order valence-corrected chi connectivity index (χ0v) is 13.9. The third-order valence-electron chi connectivity index (χ3n) is 3.18. The molecule has 1 aromatic carbocycles. The van der Waals surface area contributed by atoms with Gasteiger partial charge in [0.2, 0.25) is 0 Å². The number of anilines is 1. The van der Waals surface area contributed by atoms with Crippen molar-refractivity contribution in [3.05, 3.63) is 39.7 Å². The first kappa shape index (κ1) is 14.2. The van der Waals surface area contributed by atoms with Crippen molar-refractivity contribution >= 4 is 33.1 Å². The van der Waals surface area contributed by atoms with Crippen LogP contribution in [0, 0.1) is 6.92 Å². The van der Waals surface area contributed by atoms with Crippen LogP contribution in [-0.4, -0.2) is 12.3 Å². The van der Waals surface area contributed by atoms with E-state index in [4.69, 9.17) is 15.0 Å². The van der Waals surface area contributed by atoms with E-state index < -0.39 is 0 Å². The first-order valence-corrected chi connectivity index (χ1v) is 7.87. The second-order valence-electron chi connectivity index (χ2n) is 4.57. The molecule has 6 heteroatoms. The fraction of sp³-hybridized carbons (Fsp3) is 0.133. The second kappa shape index (κ2) is 5.54. The molecule has 2 aromatic heterocycles. The molecule has 0 aliphatic carbocycles. The zero-order chi connectivity index (χ0) is 15.0. The molecule has 2 N–H and O–H groups in total. The van der Waals surface area contributed by atoms with Crippen LogP contribution in [-0.2, 0) is 0 Å². The van der Waals surface area contributed by atoms with Crippen LogP contribution in [0.15, 0.2) is 38.6 Å². The van der Waals surface area contributed by atoms with Gasteiger partial charge in [-0.2, -0.15) is 0 Å². The van der Waals surface area contributed by atoms with Crippen LogP contribution in [0.2, 0.25) is 0 Å². The van der Waals surface area contributed by atoms with Crippen LogP contribution in [0.1, 0.15) is 5.56 Å². The van der Waals surface area contributed by atoms with Crippen LogP contribution in [0.5, 0.6) is 5.75 Å². The van der Waals surface area contributed by atoms with E-state index in [1.165, 1.54) is 0 Å². The number of hydrogen-bond donors (Lipinski definition) is 1. The largest absolute Gasteiger partial charge is 0.497 e. The van der Waals surface area contributed by atoms with Crippen LogP contribution in [0.25, 0.3) is 21.8 Å². The Labute approximate surface area is 134 Å². The van der Waals surface area contributed by atoms with Crippen LogP contribution in [0.4, 0.5) is 5.82 Å². The van der Waals surface area contributed by atoms with E-state index >= 15 is 0 Å². The molecule has 0 unspecified atom stereocenters. The zero-order valence-electron chi connectivity index (χ0n) is 11.5. The summed E-state index contributed by atoms with van der Waals surface area (Å²) >= 11 is 5.13. The maximum absolute atomic E-state index is 5.98. The van der Waals surface area contributed by atoms with Crippen molar-refractivity contribution < 1.29 is 9.26 Å². The third kappa shape index (κ3) is 2.56. The Hall–Kier alpha value is -1.79. The van der Waals surface area contributed by atoms with Gasteiger partial charge in [-0.25, -0.2) is 0 Å². The summed E-state index contributed by atoms with van der Waals surface area (Å²) in [6, 6.07) is 9.73. The number of nitrogens with zero attached hydrogens (tertiary/aromatic N) is 1. The minimum absolute atomic E-state index is 0.386. The molecule has 0 saturated heterocycles. The minimum atomic E-state index is 0.386. The predicted octanol–water partition coefficient (Wildman–Crippen LogP) is 4.73. The van der Waals surface area contributed by atoms with Gasteiger partial charge in [-0.05, 0) is 52.2 Å². The van der Waals surface area contributed by atoms with Gasteiger partial charge in [0.15, 0.2) is 11.6 Å². The number of ether oxygens (including phenoxy) is 1. The van der Waals surface area contributed by atoms with Crippen LogP contribution in [0.3, 0.4) is 0 Å². The Morgan fingerprint density at radius 2 is 2.00 bits per heavy atom. The molecule has 0 fully saturated rings. The summed E-state index contributed by atoms with van der Waals surface area (Å²) in [7, 11) is 1.64. The van der Waals surface area contributed by atoms with E-state index in [1.807, 2.05) is 31.2 Å². The fourth-order valence-corrected chi connectivity index (χ4v) is 3.60. The van der Waals surface area contributed by atoms with E-state index in [1.54, 1.807) is 18.4 Å². The summed E-state index contributed by atoms with van der Waals surface area (Å²) in [4.78, 5) is 0.995. The van der Waals surface area contributed by atoms with Crippen molar-refractivity contribution in [3.63, 3.8) is 0 Å². The lowest BCUT2D eigenvalue weighted by atomic mass is 10.0. The van der Waals surface area contributed by atoms with Crippen molar-refractivity contribution in [2.24, 2.45) is 0 Å². The van der Waals surface area contributed by atoms with Gasteiger partial charge < -0.3 is 15.0 Å². The molecule has 0 radical (unpaired) electrons. The molecule has 0 aliphatic rings. The van der Waals surface area contributed by atoms with Gasteiger partial charge in [0, 0.05) is 0 Å². The molecule has 0 spiro atoms. The quantitative estimate of drug-likeness (QED) is 0.729. The van der Waals surface area contributed by atoms with Crippen molar-refractivity contribution in [3.8, 4) is 27.5 Å². The molecule has 0 atom stereocenters. The molecular weight excluding hydrogens is 352 g/mol. The van der Waals surface area contributed by atoms with Crippen LogP contribution >= 0.6 is 27.3 Å². The predicted molar refractivity (Wildman–Crippen MR) is 88.7 cm³/mol. The number of halogens is 1. The maximum Gasteiger partial charge on any atom is 0.186 e. The number of hydrogen-bond acceptors (Lipinski definition) is 5. The number of benzene rings is 1. The van der Waals surface area contributed by atoms with Gasteiger partial charge in [-0.3, -0.25) is 0 Å². The van der Waals surface area contributed by atoms with Crippen molar-refractivity contribution in [2.45, 2.75) is 6.92 Å².